The molecule has 0 aromatic heterocycles. The minimum atomic E-state index is 0.276. The highest BCUT2D eigenvalue weighted by atomic mass is 16.2. The number of allylic oxidation sites excluding steroid dienone is 1. The zero-order valence-corrected chi connectivity index (χ0v) is 7.01. The Morgan fingerprint density at radius 2 is 1.80 bits per heavy atom. The fraction of sp³-hybridized carbons (Fsp3) is 0.778. The Bertz CT molecular complexity index is 84.7. The van der Waals surface area contributed by atoms with Crippen LogP contribution >= 0.6 is 0 Å². The molecule has 0 aliphatic heterocycles. The molecule has 0 rings (SSSR count). The Labute approximate surface area is 63.8 Å². The number of hydrogen-bond acceptors (Lipinski definition) is 1. The maximum Gasteiger partial charge on any atom is 0.0465 e. The third-order valence-corrected chi connectivity index (χ3v) is 1.37. The molecule has 0 spiro atoms. The standard InChI is InChI=1S/C9H18O/c1-9(2)7-5-3-4-6-8-10/h3-4,9-10H,5-8H2,1-2H3/b4-3+. The minimum Gasteiger partial charge on any atom is -0.396 e. The first-order valence-corrected chi connectivity index (χ1v) is 4.03. The van der Waals surface area contributed by atoms with Crippen LogP contribution in [0.5, 0.6) is 0 Å². The smallest absolute Gasteiger partial charge is 0.0465 e. The maximum absolute atomic E-state index is 8.42. The summed E-state index contributed by atoms with van der Waals surface area (Å²) < 4.78 is 0. The summed E-state index contributed by atoms with van der Waals surface area (Å²) in [5, 5.41) is 8.42. The summed E-state index contributed by atoms with van der Waals surface area (Å²) in [6, 6.07) is 0. The van der Waals surface area contributed by atoms with Crippen molar-refractivity contribution in [2.24, 2.45) is 5.92 Å². The van der Waals surface area contributed by atoms with Crippen molar-refractivity contribution in [2.75, 3.05) is 6.61 Å². The van der Waals surface area contributed by atoms with Gasteiger partial charge in [0, 0.05) is 6.61 Å². The Morgan fingerprint density at radius 1 is 1.20 bits per heavy atom. The summed E-state index contributed by atoms with van der Waals surface area (Å²) in [5.74, 6) is 0.791. The van der Waals surface area contributed by atoms with Crippen molar-refractivity contribution in [1.29, 1.82) is 0 Å². The highest BCUT2D eigenvalue weighted by Crippen LogP contribution is 2.03. The molecule has 0 aromatic rings. The number of hydrogen-bond donors (Lipinski definition) is 1. The molecule has 1 heteroatoms. The Morgan fingerprint density at radius 3 is 2.30 bits per heavy atom. The Hall–Kier alpha value is -0.300. The number of rotatable bonds is 5. The van der Waals surface area contributed by atoms with Crippen molar-refractivity contribution in [1.82, 2.24) is 0 Å². The van der Waals surface area contributed by atoms with Gasteiger partial charge in [0.2, 0.25) is 0 Å². The SMILES string of the molecule is CC(C)CC/C=C/CCO. The summed E-state index contributed by atoms with van der Waals surface area (Å²) in [6.45, 7) is 4.72. The van der Waals surface area contributed by atoms with E-state index in [4.69, 9.17) is 5.11 Å². The van der Waals surface area contributed by atoms with Crippen LogP contribution in [0.25, 0.3) is 0 Å². The molecule has 0 atom stereocenters. The minimum absolute atomic E-state index is 0.276. The average molecular weight is 142 g/mol. The van der Waals surface area contributed by atoms with Gasteiger partial charge in [-0.3, -0.25) is 0 Å². The highest BCUT2D eigenvalue weighted by molar-refractivity contribution is 4.81. The van der Waals surface area contributed by atoms with Crippen molar-refractivity contribution in [2.45, 2.75) is 33.1 Å². The lowest BCUT2D eigenvalue weighted by atomic mass is 10.1. The summed E-state index contributed by atoms with van der Waals surface area (Å²) in [5.41, 5.74) is 0. The van der Waals surface area contributed by atoms with E-state index < -0.39 is 0 Å². The molecular weight excluding hydrogens is 124 g/mol. The zero-order valence-electron chi connectivity index (χ0n) is 7.01. The van der Waals surface area contributed by atoms with E-state index in [2.05, 4.69) is 19.9 Å². The molecular formula is C9H18O. The monoisotopic (exact) mass is 142 g/mol. The van der Waals surface area contributed by atoms with Gasteiger partial charge in [0.15, 0.2) is 0 Å². The van der Waals surface area contributed by atoms with Gasteiger partial charge >= 0.3 is 0 Å². The lowest BCUT2D eigenvalue weighted by Crippen LogP contribution is -1.84. The Balaban J connectivity index is 3.02. The van der Waals surface area contributed by atoms with Gasteiger partial charge in [0.25, 0.3) is 0 Å². The first kappa shape index (κ1) is 9.70. The summed E-state index contributed by atoms with van der Waals surface area (Å²) in [7, 11) is 0. The van der Waals surface area contributed by atoms with Gasteiger partial charge in [-0.15, -0.1) is 0 Å². The molecule has 0 aliphatic rings. The fourth-order valence-corrected chi connectivity index (χ4v) is 0.740. The van der Waals surface area contributed by atoms with E-state index in [9.17, 15) is 0 Å². The third kappa shape index (κ3) is 7.70. The average Bonchev–Trinajstić information content (AvgIpc) is 1.87. The van der Waals surface area contributed by atoms with E-state index in [-0.39, 0.29) is 6.61 Å². The van der Waals surface area contributed by atoms with Crippen LogP contribution in [0.15, 0.2) is 12.2 Å². The molecule has 1 N–H and O–H groups in total. The van der Waals surface area contributed by atoms with Crippen molar-refractivity contribution >= 4 is 0 Å². The molecule has 60 valence electrons. The van der Waals surface area contributed by atoms with Crippen LogP contribution in [0.3, 0.4) is 0 Å². The van der Waals surface area contributed by atoms with E-state index in [0.717, 1.165) is 18.8 Å². The number of aliphatic hydroxyl groups is 1. The fourth-order valence-electron chi connectivity index (χ4n) is 0.740. The predicted molar refractivity (Wildman–Crippen MR) is 44.9 cm³/mol. The highest BCUT2D eigenvalue weighted by Gasteiger charge is 1.88. The molecule has 0 saturated heterocycles. The third-order valence-electron chi connectivity index (χ3n) is 1.37. The van der Waals surface area contributed by atoms with Crippen molar-refractivity contribution in [3.8, 4) is 0 Å². The summed E-state index contributed by atoms with van der Waals surface area (Å²) in [4.78, 5) is 0. The lowest BCUT2D eigenvalue weighted by molar-refractivity contribution is 0.302. The molecule has 0 fully saturated rings. The van der Waals surface area contributed by atoms with Crippen LogP contribution in [0.2, 0.25) is 0 Å². The van der Waals surface area contributed by atoms with E-state index in [1.54, 1.807) is 0 Å². The van der Waals surface area contributed by atoms with Crippen LogP contribution in [-0.4, -0.2) is 11.7 Å². The van der Waals surface area contributed by atoms with Gasteiger partial charge in [0.05, 0.1) is 0 Å². The van der Waals surface area contributed by atoms with Gasteiger partial charge in [-0.05, 0) is 25.2 Å². The molecule has 1 nitrogen and oxygen atoms in total. The summed E-state index contributed by atoms with van der Waals surface area (Å²) in [6.07, 6.45) is 7.40. The molecule has 0 amide bonds. The maximum atomic E-state index is 8.42. The van der Waals surface area contributed by atoms with Crippen LogP contribution < -0.4 is 0 Å². The topological polar surface area (TPSA) is 20.2 Å². The van der Waals surface area contributed by atoms with E-state index in [1.807, 2.05) is 6.08 Å². The first-order chi connectivity index (χ1) is 4.77. The second kappa shape index (κ2) is 6.81. The van der Waals surface area contributed by atoms with Crippen LogP contribution in [-0.2, 0) is 0 Å². The summed E-state index contributed by atoms with van der Waals surface area (Å²) >= 11 is 0. The van der Waals surface area contributed by atoms with Crippen molar-refractivity contribution in [3.05, 3.63) is 12.2 Å². The predicted octanol–water partition coefficient (Wildman–Crippen LogP) is 2.36. The van der Waals surface area contributed by atoms with Gasteiger partial charge in [-0.25, -0.2) is 0 Å². The molecule has 10 heavy (non-hydrogen) atoms. The van der Waals surface area contributed by atoms with Gasteiger partial charge in [-0.2, -0.15) is 0 Å². The van der Waals surface area contributed by atoms with Crippen LogP contribution in [0.4, 0.5) is 0 Å². The second-order valence-electron chi connectivity index (χ2n) is 2.95. The quantitative estimate of drug-likeness (QED) is 0.584. The molecule has 0 aromatic carbocycles. The zero-order chi connectivity index (χ0) is 7.82. The largest absolute Gasteiger partial charge is 0.396 e. The molecule has 0 heterocycles. The molecule has 0 saturated carbocycles. The van der Waals surface area contributed by atoms with E-state index in [1.165, 1.54) is 6.42 Å². The van der Waals surface area contributed by atoms with Gasteiger partial charge in [-0.1, -0.05) is 26.0 Å². The van der Waals surface area contributed by atoms with E-state index >= 15 is 0 Å². The van der Waals surface area contributed by atoms with E-state index in [0.29, 0.717) is 0 Å². The van der Waals surface area contributed by atoms with Crippen molar-refractivity contribution < 1.29 is 5.11 Å². The Kier molecular flexibility index (Phi) is 6.61. The van der Waals surface area contributed by atoms with Crippen molar-refractivity contribution in [3.63, 3.8) is 0 Å². The van der Waals surface area contributed by atoms with Crippen LogP contribution in [0.1, 0.15) is 33.1 Å². The second-order valence-corrected chi connectivity index (χ2v) is 2.95. The van der Waals surface area contributed by atoms with Crippen LogP contribution in [0, 0.1) is 5.92 Å². The molecule has 0 aliphatic carbocycles. The number of aliphatic hydroxyl groups excluding tert-OH is 1. The molecule has 0 bridgehead atoms. The normalized spacial score (nSPS) is 11.6. The molecule has 0 unspecified atom stereocenters. The van der Waals surface area contributed by atoms with Gasteiger partial charge < -0.3 is 5.11 Å². The molecule has 0 radical (unpaired) electrons. The first-order valence-electron chi connectivity index (χ1n) is 4.03. The van der Waals surface area contributed by atoms with Gasteiger partial charge in [0.1, 0.15) is 0 Å². The lowest BCUT2D eigenvalue weighted by Gasteiger charge is -1.98.